The van der Waals surface area contributed by atoms with Crippen LogP contribution in [0.25, 0.3) is 0 Å². The molecule has 20 heavy (non-hydrogen) atoms. The highest BCUT2D eigenvalue weighted by Gasteiger charge is 2.13. The molecule has 2 rings (SSSR count). The van der Waals surface area contributed by atoms with Gasteiger partial charge < -0.3 is 15.5 Å². The molecular weight excluding hydrogens is 303 g/mol. The average Bonchev–Trinajstić information content (AvgIpc) is 2.33. The van der Waals surface area contributed by atoms with Crippen LogP contribution in [0, 0.1) is 0 Å². The number of aromatic carboxylic acids is 1. The Morgan fingerprint density at radius 1 is 1.10 bits per heavy atom. The van der Waals surface area contributed by atoms with Crippen molar-refractivity contribution in [2.45, 2.75) is 6.54 Å². The highest BCUT2D eigenvalue weighted by molar-refractivity contribution is 5.87. The van der Waals surface area contributed by atoms with Crippen molar-refractivity contribution in [1.82, 2.24) is 9.80 Å². The number of nitrogens with zero attached hydrogens (tertiary/aromatic N) is 2. The molecule has 5 nitrogen and oxygen atoms in total. The van der Waals surface area contributed by atoms with E-state index in [9.17, 15) is 4.79 Å². The first-order valence-corrected chi connectivity index (χ1v) is 5.88. The van der Waals surface area contributed by atoms with Gasteiger partial charge in [-0.1, -0.05) is 12.1 Å². The molecule has 1 aromatic carbocycles. The van der Waals surface area contributed by atoms with Crippen LogP contribution in [0.5, 0.6) is 0 Å². The topological polar surface area (TPSA) is 75.3 Å². The van der Waals surface area contributed by atoms with Gasteiger partial charge in [-0.05, 0) is 24.7 Å². The molecule has 1 aliphatic rings. The molecule has 1 aliphatic heterocycles. The number of piperazine rings is 1. The van der Waals surface area contributed by atoms with E-state index in [1.807, 2.05) is 12.1 Å². The number of carboxylic acids is 1. The highest BCUT2D eigenvalue weighted by Crippen LogP contribution is 2.09. The van der Waals surface area contributed by atoms with Gasteiger partial charge in [0.2, 0.25) is 0 Å². The number of hydrogen-bond acceptors (Lipinski definition) is 3. The zero-order valence-electron chi connectivity index (χ0n) is 11.4. The van der Waals surface area contributed by atoms with Gasteiger partial charge in [-0.15, -0.1) is 24.8 Å². The Morgan fingerprint density at radius 2 is 1.60 bits per heavy atom. The van der Waals surface area contributed by atoms with Crippen molar-refractivity contribution < 1.29 is 15.4 Å². The second kappa shape index (κ2) is 9.96. The minimum Gasteiger partial charge on any atom is -0.478 e. The van der Waals surface area contributed by atoms with E-state index in [0.29, 0.717) is 5.56 Å². The summed E-state index contributed by atoms with van der Waals surface area (Å²) < 4.78 is 0. The summed E-state index contributed by atoms with van der Waals surface area (Å²) in [7, 11) is 2.14. The van der Waals surface area contributed by atoms with Crippen LogP contribution in [0.3, 0.4) is 0 Å². The third-order valence-corrected chi connectivity index (χ3v) is 3.20. The predicted octanol–water partition coefficient (Wildman–Crippen LogP) is 1.15. The minimum absolute atomic E-state index is 0. The normalized spacial score (nSPS) is 15.4. The van der Waals surface area contributed by atoms with Crippen molar-refractivity contribution in [3.05, 3.63) is 35.4 Å². The van der Waals surface area contributed by atoms with Gasteiger partial charge in [0.05, 0.1) is 5.56 Å². The van der Waals surface area contributed by atoms with E-state index < -0.39 is 5.97 Å². The van der Waals surface area contributed by atoms with Crippen LogP contribution >= 0.6 is 24.8 Å². The number of benzene rings is 1. The van der Waals surface area contributed by atoms with Crippen molar-refractivity contribution in [3.63, 3.8) is 0 Å². The first-order chi connectivity index (χ1) is 8.15. The molecule has 3 N–H and O–H groups in total. The lowest BCUT2D eigenvalue weighted by Crippen LogP contribution is -2.43. The van der Waals surface area contributed by atoms with Crippen molar-refractivity contribution in [1.29, 1.82) is 0 Å². The summed E-state index contributed by atoms with van der Waals surface area (Å²) in [5.74, 6) is -0.865. The Kier molecular flexibility index (Phi) is 10.7. The molecule has 0 aromatic heterocycles. The molecule has 0 spiro atoms. The molecule has 1 saturated heterocycles. The average molecular weight is 325 g/mol. The maximum absolute atomic E-state index is 10.7. The van der Waals surface area contributed by atoms with Gasteiger partial charge in [0.15, 0.2) is 0 Å². The molecular formula is C13H22Cl2N2O3. The van der Waals surface area contributed by atoms with E-state index in [0.717, 1.165) is 32.7 Å². The van der Waals surface area contributed by atoms with Crippen LogP contribution in [-0.2, 0) is 6.54 Å². The van der Waals surface area contributed by atoms with Gasteiger partial charge in [-0.25, -0.2) is 4.79 Å². The van der Waals surface area contributed by atoms with Gasteiger partial charge in [0.1, 0.15) is 0 Å². The lowest BCUT2D eigenvalue weighted by molar-refractivity contribution is 0.0697. The van der Waals surface area contributed by atoms with Gasteiger partial charge >= 0.3 is 5.97 Å². The van der Waals surface area contributed by atoms with E-state index in [2.05, 4.69) is 16.8 Å². The van der Waals surface area contributed by atoms with Crippen LogP contribution in [0.15, 0.2) is 24.3 Å². The smallest absolute Gasteiger partial charge is 0.335 e. The number of carboxylic acid groups (broad SMARTS) is 1. The van der Waals surface area contributed by atoms with Gasteiger partial charge in [0.25, 0.3) is 0 Å². The molecule has 0 unspecified atom stereocenters. The Bertz CT molecular complexity index is 393. The Morgan fingerprint density at radius 3 is 2.05 bits per heavy atom. The summed E-state index contributed by atoms with van der Waals surface area (Å²) in [6, 6.07) is 7.16. The van der Waals surface area contributed by atoms with Gasteiger partial charge in [0, 0.05) is 32.7 Å². The third kappa shape index (κ3) is 6.07. The van der Waals surface area contributed by atoms with Crippen molar-refractivity contribution in [2.24, 2.45) is 0 Å². The molecule has 0 bridgehead atoms. The number of rotatable bonds is 3. The number of halogens is 2. The van der Waals surface area contributed by atoms with Gasteiger partial charge in [-0.3, -0.25) is 4.90 Å². The third-order valence-electron chi connectivity index (χ3n) is 3.20. The van der Waals surface area contributed by atoms with E-state index in [4.69, 9.17) is 5.11 Å². The van der Waals surface area contributed by atoms with Crippen molar-refractivity contribution in [2.75, 3.05) is 33.2 Å². The van der Waals surface area contributed by atoms with E-state index in [1.165, 1.54) is 5.56 Å². The van der Waals surface area contributed by atoms with E-state index in [1.54, 1.807) is 12.1 Å². The fraction of sp³-hybridized carbons (Fsp3) is 0.462. The zero-order chi connectivity index (χ0) is 12.3. The summed E-state index contributed by atoms with van der Waals surface area (Å²) in [6.45, 7) is 5.28. The molecule has 0 aliphatic carbocycles. The molecule has 0 radical (unpaired) electrons. The number of hydrogen-bond donors (Lipinski definition) is 1. The Balaban J connectivity index is 0. The molecule has 1 fully saturated rings. The number of likely N-dealkylation sites (N-methyl/N-ethyl adjacent to an activating group) is 1. The molecule has 0 saturated carbocycles. The molecule has 0 atom stereocenters. The lowest BCUT2D eigenvalue weighted by Gasteiger charge is -2.32. The summed E-state index contributed by atoms with van der Waals surface area (Å²) in [4.78, 5) is 15.4. The summed E-state index contributed by atoms with van der Waals surface area (Å²) >= 11 is 0. The molecule has 116 valence electrons. The molecule has 1 aromatic rings. The SMILES string of the molecule is CN1CCN(Cc2ccc(C(=O)O)cc2)CC1.Cl.Cl.O. The monoisotopic (exact) mass is 324 g/mol. The molecule has 1 heterocycles. The predicted molar refractivity (Wildman–Crippen MR) is 84.3 cm³/mol. The van der Waals surface area contributed by atoms with Crippen molar-refractivity contribution in [3.8, 4) is 0 Å². The summed E-state index contributed by atoms with van der Waals surface area (Å²) in [5, 5.41) is 8.81. The quantitative estimate of drug-likeness (QED) is 0.905. The first-order valence-electron chi connectivity index (χ1n) is 5.88. The zero-order valence-corrected chi connectivity index (χ0v) is 13.0. The minimum atomic E-state index is -0.865. The highest BCUT2D eigenvalue weighted by atomic mass is 35.5. The van der Waals surface area contributed by atoms with Crippen LogP contribution in [0.1, 0.15) is 15.9 Å². The number of carbonyl (C=O) groups is 1. The fourth-order valence-electron chi connectivity index (χ4n) is 2.02. The fourth-order valence-corrected chi connectivity index (χ4v) is 2.02. The first kappa shape index (κ1) is 21.4. The van der Waals surface area contributed by atoms with E-state index in [-0.39, 0.29) is 30.3 Å². The summed E-state index contributed by atoms with van der Waals surface area (Å²) in [5.41, 5.74) is 1.53. The maximum Gasteiger partial charge on any atom is 0.335 e. The lowest BCUT2D eigenvalue weighted by atomic mass is 10.1. The second-order valence-corrected chi connectivity index (χ2v) is 4.58. The molecule has 0 amide bonds. The van der Waals surface area contributed by atoms with Crippen LogP contribution < -0.4 is 0 Å². The van der Waals surface area contributed by atoms with Crippen molar-refractivity contribution >= 4 is 30.8 Å². The van der Waals surface area contributed by atoms with Crippen LogP contribution in [0.4, 0.5) is 0 Å². The second-order valence-electron chi connectivity index (χ2n) is 4.58. The Hall–Kier alpha value is -0.850. The maximum atomic E-state index is 10.7. The molecule has 7 heteroatoms. The largest absolute Gasteiger partial charge is 0.478 e. The van der Waals surface area contributed by atoms with Gasteiger partial charge in [-0.2, -0.15) is 0 Å². The van der Waals surface area contributed by atoms with E-state index >= 15 is 0 Å². The Labute approximate surface area is 131 Å². The van der Waals surface area contributed by atoms with Crippen LogP contribution in [-0.4, -0.2) is 59.6 Å². The summed E-state index contributed by atoms with van der Waals surface area (Å²) in [6.07, 6.45) is 0. The van der Waals surface area contributed by atoms with Crippen LogP contribution in [0.2, 0.25) is 0 Å². The standard InChI is InChI=1S/C13H18N2O2.2ClH.H2O/c1-14-6-8-15(9-7-14)10-11-2-4-12(5-3-11)13(16)17;;;/h2-5H,6-10H2,1H3,(H,16,17);2*1H;1H2.